The predicted molar refractivity (Wildman–Crippen MR) is 102 cm³/mol. The lowest BCUT2D eigenvalue weighted by Gasteiger charge is -2.31. The summed E-state index contributed by atoms with van der Waals surface area (Å²) in [5.74, 6) is 1.50. The van der Waals surface area contributed by atoms with Crippen LogP contribution in [-0.2, 0) is 4.79 Å². The molecule has 6 nitrogen and oxygen atoms in total. The van der Waals surface area contributed by atoms with E-state index in [1.807, 2.05) is 41.1 Å². The number of fused-ring (bicyclic) bond motifs is 1. The van der Waals surface area contributed by atoms with E-state index in [0.29, 0.717) is 18.2 Å². The summed E-state index contributed by atoms with van der Waals surface area (Å²) in [6.07, 6.45) is 5.84. The van der Waals surface area contributed by atoms with Gasteiger partial charge in [0.1, 0.15) is 6.04 Å². The number of hydrogen-bond acceptors (Lipinski definition) is 5. The number of pyridine rings is 1. The third-order valence-corrected chi connectivity index (χ3v) is 5.18. The van der Waals surface area contributed by atoms with E-state index in [9.17, 15) is 4.79 Å². The fourth-order valence-electron chi connectivity index (χ4n) is 3.83. The van der Waals surface area contributed by atoms with Crippen molar-refractivity contribution in [2.75, 3.05) is 5.32 Å². The molecule has 2 aliphatic rings. The zero-order valence-electron chi connectivity index (χ0n) is 15.0. The third kappa shape index (κ3) is 2.65. The van der Waals surface area contributed by atoms with Crippen LogP contribution in [0.5, 0.6) is 0 Å². The minimum atomic E-state index is -0.288. The van der Waals surface area contributed by atoms with Gasteiger partial charge in [0.25, 0.3) is 0 Å². The molecule has 0 amide bonds. The Morgan fingerprint density at radius 2 is 2.00 bits per heavy atom. The molecule has 5 rings (SSSR count). The zero-order valence-corrected chi connectivity index (χ0v) is 15.0. The van der Waals surface area contributed by atoms with Gasteiger partial charge in [-0.3, -0.25) is 9.78 Å². The lowest BCUT2D eigenvalue weighted by Crippen LogP contribution is -2.31. The van der Waals surface area contributed by atoms with Crippen molar-refractivity contribution in [3.05, 3.63) is 71.2 Å². The number of allylic oxidation sites excluding steroid dienone is 2. The fourth-order valence-corrected chi connectivity index (χ4v) is 3.83. The number of aryl methyl sites for hydroxylation is 1. The molecule has 0 spiro atoms. The van der Waals surface area contributed by atoms with Gasteiger partial charge in [0.15, 0.2) is 11.6 Å². The molecule has 0 saturated carbocycles. The van der Waals surface area contributed by atoms with Gasteiger partial charge in [-0.1, -0.05) is 35.9 Å². The third-order valence-electron chi connectivity index (χ3n) is 5.18. The number of carbonyl (C=O) groups excluding carboxylic acids is 1. The highest BCUT2D eigenvalue weighted by molar-refractivity contribution is 5.99. The van der Waals surface area contributed by atoms with Crippen molar-refractivity contribution in [2.45, 2.75) is 32.2 Å². The van der Waals surface area contributed by atoms with Gasteiger partial charge in [0, 0.05) is 35.6 Å². The van der Waals surface area contributed by atoms with Gasteiger partial charge < -0.3 is 5.32 Å². The molecule has 2 aromatic heterocycles. The van der Waals surface area contributed by atoms with Crippen molar-refractivity contribution in [2.24, 2.45) is 0 Å². The summed E-state index contributed by atoms with van der Waals surface area (Å²) in [6, 6.07) is 11.7. The highest BCUT2D eigenvalue weighted by Gasteiger charge is 2.36. The Labute approximate surface area is 157 Å². The normalized spacial score (nSPS) is 18.7. The Morgan fingerprint density at radius 3 is 2.78 bits per heavy atom. The molecule has 3 heterocycles. The van der Waals surface area contributed by atoms with Crippen molar-refractivity contribution in [3.8, 4) is 11.4 Å². The summed E-state index contributed by atoms with van der Waals surface area (Å²) in [4.78, 5) is 21.7. The molecule has 27 heavy (non-hydrogen) atoms. The average Bonchev–Trinajstić information content (AvgIpc) is 3.11. The molecule has 6 heteroatoms. The van der Waals surface area contributed by atoms with E-state index in [0.717, 1.165) is 35.2 Å². The van der Waals surface area contributed by atoms with Crippen LogP contribution in [0.3, 0.4) is 0 Å². The summed E-state index contributed by atoms with van der Waals surface area (Å²) in [5, 5.41) is 8.12. The van der Waals surface area contributed by atoms with Crippen LogP contribution in [0.1, 0.15) is 36.4 Å². The molecule has 1 aromatic carbocycles. The van der Waals surface area contributed by atoms with E-state index in [2.05, 4.69) is 17.2 Å². The smallest absolute Gasteiger partial charge is 0.226 e. The minimum absolute atomic E-state index is 0.177. The largest absolute Gasteiger partial charge is 0.328 e. The highest BCUT2D eigenvalue weighted by atomic mass is 16.1. The van der Waals surface area contributed by atoms with Gasteiger partial charge in [-0.25, -0.2) is 4.68 Å². The molecule has 1 N–H and O–H groups in total. The van der Waals surface area contributed by atoms with Crippen molar-refractivity contribution in [1.82, 2.24) is 19.7 Å². The maximum Gasteiger partial charge on any atom is 0.226 e. The van der Waals surface area contributed by atoms with Crippen LogP contribution < -0.4 is 5.32 Å². The van der Waals surface area contributed by atoms with Gasteiger partial charge >= 0.3 is 0 Å². The summed E-state index contributed by atoms with van der Waals surface area (Å²) < 4.78 is 1.83. The van der Waals surface area contributed by atoms with Gasteiger partial charge in [0.05, 0.1) is 0 Å². The summed E-state index contributed by atoms with van der Waals surface area (Å²) in [7, 11) is 0. The molecule has 0 unspecified atom stereocenters. The number of benzene rings is 1. The molecule has 0 radical (unpaired) electrons. The Morgan fingerprint density at radius 1 is 1.15 bits per heavy atom. The number of hydrogen-bond donors (Lipinski definition) is 1. The minimum Gasteiger partial charge on any atom is -0.328 e. The van der Waals surface area contributed by atoms with Crippen molar-refractivity contribution < 1.29 is 4.79 Å². The second-order valence-corrected chi connectivity index (χ2v) is 7.05. The van der Waals surface area contributed by atoms with Crippen LogP contribution in [0.25, 0.3) is 11.4 Å². The monoisotopic (exact) mass is 357 g/mol. The number of nitrogens with zero attached hydrogens (tertiary/aromatic N) is 4. The van der Waals surface area contributed by atoms with E-state index < -0.39 is 0 Å². The predicted octanol–water partition coefficient (Wildman–Crippen LogP) is 3.67. The molecule has 3 aromatic rings. The number of nitrogens with one attached hydrogen (secondary N) is 1. The van der Waals surface area contributed by atoms with Gasteiger partial charge in [-0.2, -0.15) is 4.98 Å². The van der Waals surface area contributed by atoms with Crippen LogP contribution in [0.2, 0.25) is 0 Å². The first kappa shape index (κ1) is 15.9. The van der Waals surface area contributed by atoms with Crippen molar-refractivity contribution >= 4 is 11.7 Å². The molecule has 1 atom stereocenters. The quantitative estimate of drug-likeness (QED) is 0.757. The van der Waals surface area contributed by atoms with Crippen LogP contribution in [-0.4, -0.2) is 25.5 Å². The SMILES string of the molecule is Cc1ccc(-c2nc3n(n2)[C@H](c2cccnc2)C2=C(CCCC2=O)N3)cc1. The van der Waals surface area contributed by atoms with Gasteiger partial charge in [-0.05, 0) is 31.4 Å². The molecule has 0 fully saturated rings. The average molecular weight is 357 g/mol. The molecule has 0 saturated heterocycles. The Kier molecular flexibility index (Phi) is 3.63. The summed E-state index contributed by atoms with van der Waals surface area (Å²) >= 11 is 0. The molecule has 134 valence electrons. The van der Waals surface area contributed by atoms with E-state index in [4.69, 9.17) is 10.1 Å². The van der Waals surface area contributed by atoms with Crippen molar-refractivity contribution in [1.29, 1.82) is 0 Å². The number of carbonyl (C=O) groups is 1. The lowest BCUT2D eigenvalue weighted by molar-refractivity contribution is -0.116. The second-order valence-electron chi connectivity index (χ2n) is 7.05. The molecule has 1 aliphatic heterocycles. The number of rotatable bonds is 2. The molecular formula is C21H19N5O. The first-order valence-corrected chi connectivity index (χ1v) is 9.17. The van der Waals surface area contributed by atoms with Crippen LogP contribution in [0.15, 0.2) is 60.1 Å². The maximum absolute atomic E-state index is 12.8. The topological polar surface area (TPSA) is 72.7 Å². The number of anilines is 1. The number of Topliss-reactive ketones (excluding diaryl/α,β-unsaturated/α-hetero) is 1. The fraction of sp³-hybridized carbons (Fsp3) is 0.238. The van der Waals surface area contributed by atoms with E-state index in [1.165, 1.54) is 5.56 Å². The van der Waals surface area contributed by atoms with Gasteiger partial charge in [-0.15, -0.1) is 5.10 Å². The second kappa shape index (κ2) is 6.16. The Bertz CT molecular complexity index is 1050. The number of ketones is 1. The Hall–Kier alpha value is -3.28. The van der Waals surface area contributed by atoms with Crippen LogP contribution in [0, 0.1) is 6.92 Å². The van der Waals surface area contributed by atoms with Crippen molar-refractivity contribution in [3.63, 3.8) is 0 Å². The summed E-state index contributed by atoms with van der Waals surface area (Å²) in [6.45, 7) is 2.05. The first-order valence-electron chi connectivity index (χ1n) is 9.17. The van der Waals surface area contributed by atoms with E-state index >= 15 is 0 Å². The Balaban J connectivity index is 1.67. The zero-order chi connectivity index (χ0) is 18.4. The highest BCUT2D eigenvalue weighted by Crippen LogP contribution is 2.40. The maximum atomic E-state index is 12.8. The van der Waals surface area contributed by atoms with E-state index in [1.54, 1.807) is 12.4 Å². The lowest BCUT2D eigenvalue weighted by atomic mass is 9.86. The standard InChI is InChI=1S/C21H19N5O/c1-13-7-9-14(10-8-13)20-24-21-23-16-5-2-6-17(27)18(16)19(26(21)25-20)15-4-3-11-22-12-15/h3-4,7-12,19H,2,5-6H2,1H3,(H,23,24,25)/t19-/m1/s1. The van der Waals surface area contributed by atoms with Gasteiger partial charge in [0.2, 0.25) is 5.95 Å². The first-order chi connectivity index (χ1) is 13.2. The molecular weight excluding hydrogens is 338 g/mol. The number of aromatic nitrogens is 4. The summed E-state index contributed by atoms with van der Waals surface area (Å²) in [5.41, 5.74) is 4.86. The van der Waals surface area contributed by atoms with Crippen LogP contribution in [0.4, 0.5) is 5.95 Å². The molecule has 0 bridgehead atoms. The van der Waals surface area contributed by atoms with Crippen LogP contribution >= 0.6 is 0 Å². The molecule has 1 aliphatic carbocycles. The van der Waals surface area contributed by atoms with E-state index in [-0.39, 0.29) is 11.8 Å².